The smallest absolute Gasteiger partial charge is 0.332 e. The lowest BCUT2D eigenvalue weighted by atomic mass is 10.2. The minimum absolute atomic E-state index is 0.149. The molecule has 152 valence electrons. The van der Waals surface area contributed by atoms with Gasteiger partial charge in [-0.1, -0.05) is 30.3 Å². The first-order chi connectivity index (χ1) is 13.9. The summed E-state index contributed by atoms with van der Waals surface area (Å²) < 4.78 is 9.75. The third kappa shape index (κ3) is 3.07. The van der Waals surface area contributed by atoms with Crippen LogP contribution in [0.3, 0.4) is 0 Å². The van der Waals surface area contributed by atoms with Crippen molar-refractivity contribution in [3.63, 3.8) is 0 Å². The fourth-order valence-corrected chi connectivity index (χ4v) is 3.62. The molecule has 0 unspecified atom stereocenters. The predicted molar refractivity (Wildman–Crippen MR) is 112 cm³/mol. The molecule has 0 spiro atoms. The first kappa shape index (κ1) is 19.1. The molecule has 0 fully saturated rings. The molecule has 1 atom stereocenters. The van der Waals surface area contributed by atoms with Gasteiger partial charge in [-0.15, -0.1) is 0 Å². The van der Waals surface area contributed by atoms with E-state index in [1.165, 1.54) is 9.13 Å². The zero-order valence-electron chi connectivity index (χ0n) is 17.0. The van der Waals surface area contributed by atoms with Gasteiger partial charge in [0.05, 0.1) is 31.4 Å². The molecular weight excluding hydrogens is 372 g/mol. The zero-order chi connectivity index (χ0) is 20.7. The van der Waals surface area contributed by atoms with Gasteiger partial charge in [0.1, 0.15) is 0 Å². The minimum Gasteiger partial charge on any atom is -0.383 e. The molecule has 3 heterocycles. The quantitative estimate of drug-likeness (QED) is 0.650. The van der Waals surface area contributed by atoms with Crippen LogP contribution < -0.4 is 16.3 Å². The topological polar surface area (TPSA) is 86.7 Å². The number of aromatic nitrogens is 4. The van der Waals surface area contributed by atoms with E-state index in [1.807, 2.05) is 48.7 Å². The van der Waals surface area contributed by atoms with Crippen LogP contribution in [0.1, 0.15) is 25.5 Å². The number of rotatable bonds is 5. The van der Waals surface area contributed by atoms with Gasteiger partial charge in [0.25, 0.3) is 5.56 Å². The molecule has 0 saturated heterocycles. The molecule has 0 saturated carbocycles. The van der Waals surface area contributed by atoms with Crippen LogP contribution in [0.15, 0.2) is 45.0 Å². The molecule has 0 amide bonds. The van der Waals surface area contributed by atoms with E-state index in [0.717, 1.165) is 11.3 Å². The SMILES string of the molecule is COCCN1N=C(C)[C@H](C)n2c1nc1c2c(=O)n(Cc2ccccc2)c(=O)n1C. The van der Waals surface area contributed by atoms with Gasteiger partial charge in [0.15, 0.2) is 11.2 Å². The van der Waals surface area contributed by atoms with Crippen LogP contribution in [-0.4, -0.2) is 44.7 Å². The largest absolute Gasteiger partial charge is 0.383 e. The van der Waals surface area contributed by atoms with Gasteiger partial charge in [-0.25, -0.2) is 9.80 Å². The van der Waals surface area contributed by atoms with E-state index >= 15 is 0 Å². The maximum Gasteiger partial charge on any atom is 0.332 e. The molecule has 0 radical (unpaired) electrons. The number of hydrogen-bond acceptors (Lipinski definition) is 6. The number of aryl methyl sites for hydroxylation is 1. The Kier molecular flexibility index (Phi) is 4.83. The predicted octanol–water partition coefficient (Wildman–Crippen LogP) is 1.35. The van der Waals surface area contributed by atoms with Gasteiger partial charge in [-0.2, -0.15) is 10.1 Å². The van der Waals surface area contributed by atoms with Crippen molar-refractivity contribution in [3.8, 4) is 0 Å². The fourth-order valence-electron chi connectivity index (χ4n) is 3.62. The monoisotopic (exact) mass is 396 g/mol. The molecule has 29 heavy (non-hydrogen) atoms. The molecule has 4 rings (SSSR count). The number of ether oxygens (including phenoxy) is 1. The van der Waals surface area contributed by atoms with E-state index in [0.29, 0.717) is 30.3 Å². The van der Waals surface area contributed by atoms with Crippen LogP contribution in [0, 0.1) is 0 Å². The average Bonchev–Trinajstić information content (AvgIpc) is 3.13. The first-order valence-corrected chi connectivity index (χ1v) is 9.51. The van der Waals surface area contributed by atoms with E-state index in [-0.39, 0.29) is 18.1 Å². The van der Waals surface area contributed by atoms with Gasteiger partial charge >= 0.3 is 5.69 Å². The second-order valence-electron chi connectivity index (χ2n) is 7.21. The Morgan fingerprint density at radius 2 is 1.90 bits per heavy atom. The minimum atomic E-state index is -0.393. The summed E-state index contributed by atoms with van der Waals surface area (Å²) in [6, 6.07) is 9.32. The van der Waals surface area contributed by atoms with E-state index in [1.54, 1.807) is 19.2 Å². The second kappa shape index (κ2) is 7.32. The molecule has 2 aromatic heterocycles. The summed E-state index contributed by atoms with van der Waals surface area (Å²) in [6.07, 6.45) is 0. The third-order valence-electron chi connectivity index (χ3n) is 5.35. The van der Waals surface area contributed by atoms with Crippen molar-refractivity contribution in [3.05, 3.63) is 56.7 Å². The van der Waals surface area contributed by atoms with Gasteiger partial charge in [0, 0.05) is 14.2 Å². The lowest BCUT2D eigenvalue weighted by Gasteiger charge is -2.28. The Bertz CT molecular complexity index is 1200. The van der Waals surface area contributed by atoms with Crippen LogP contribution in [-0.2, 0) is 18.3 Å². The number of benzene rings is 1. The fraction of sp³-hybridized carbons (Fsp3) is 0.400. The average molecular weight is 396 g/mol. The van der Waals surface area contributed by atoms with Crippen LogP contribution in [0.25, 0.3) is 11.2 Å². The highest BCUT2D eigenvalue weighted by Crippen LogP contribution is 2.29. The number of hydrazone groups is 1. The summed E-state index contributed by atoms with van der Waals surface area (Å²) in [5, 5.41) is 6.33. The molecule has 3 aromatic rings. The lowest BCUT2D eigenvalue weighted by molar-refractivity contribution is 0.204. The van der Waals surface area contributed by atoms with Crippen molar-refractivity contribution in [2.75, 3.05) is 25.3 Å². The van der Waals surface area contributed by atoms with E-state index in [4.69, 9.17) is 4.74 Å². The zero-order valence-corrected chi connectivity index (χ0v) is 17.0. The summed E-state index contributed by atoms with van der Waals surface area (Å²) in [5.41, 5.74) is 1.77. The maximum absolute atomic E-state index is 13.4. The van der Waals surface area contributed by atoms with Crippen LogP contribution in [0.4, 0.5) is 5.95 Å². The van der Waals surface area contributed by atoms with Crippen molar-refractivity contribution in [1.29, 1.82) is 0 Å². The third-order valence-corrected chi connectivity index (χ3v) is 5.35. The normalized spacial score (nSPS) is 16.2. The Labute approximate surface area is 167 Å². The molecule has 1 aromatic carbocycles. The van der Waals surface area contributed by atoms with Crippen molar-refractivity contribution in [2.45, 2.75) is 26.4 Å². The molecule has 0 bridgehead atoms. The van der Waals surface area contributed by atoms with Crippen LogP contribution in [0.2, 0.25) is 0 Å². The molecule has 9 heteroatoms. The standard InChI is InChI=1S/C20H24N6O3/c1-13-14(2)26-16-17(21-19(26)25(22-13)10-11-29-4)23(3)20(28)24(18(16)27)12-15-8-6-5-7-9-15/h5-9,14H,10-12H2,1-4H3/t14-/m0/s1. The summed E-state index contributed by atoms with van der Waals surface area (Å²) >= 11 is 0. The highest BCUT2D eigenvalue weighted by molar-refractivity contribution is 5.91. The summed E-state index contributed by atoms with van der Waals surface area (Å²) in [6.45, 7) is 5.06. The van der Waals surface area contributed by atoms with Crippen molar-refractivity contribution >= 4 is 22.8 Å². The Morgan fingerprint density at radius 1 is 1.17 bits per heavy atom. The van der Waals surface area contributed by atoms with Gasteiger partial charge in [0.2, 0.25) is 5.95 Å². The van der Waals surface area contributed by atoms with Gasteiger partial charge < -0.3 is 4.74 Å². The highest BCUT2D eigenvalue weighted by atomic mass is 16.5. The molecule has 0 aliphatic carbocycles. The summed E-state index contributed by atoms with van der Waals surface area (Å²) in [4.78, 5) is 31.0. The molecule has 1 aliphatic rings. The van der Waals surface area contributed by atoms with E-state index < -0.39 is 5.69 Å². The molecule has 0 N–H and O–H groups in total. The highest BCUT2D eigenvalue weighted by Gasteiger charge is 2.30. The number of nitrogens with zero attached hydrogens (tertiary/aromatic N) is 6. The van der Waals surface area contributed by atoms with Crippen molar-refractivity contribution < 1.29 is 4.74 Å². The Morgan fingerprint density at radius 3 is 2.59 bits per heavy atom. The van der Waals surface area contributed by atoms with Crippen molar-refractivity contribution in [2.24, 2.45) is 12.1 Å². The van der Waals surface area contributed by atoms with Gasteiger partial charge in [-0.3, -0.25) is 18.5 Å². The van der Waals surface area contributed by atoms with E-state index in [9.17, 15) is 9.59 Å². The van der Waals surface area contributed by atoms with Gasteiger partial charge in [-0.05, 0) is 19.4 Å². The van der Waals surface area contributed by atoms with Crippen LogP contribution >= 0.6 is 0 Å². The molecule has 9 nitrogen and oxygen atoms in total. The van der Waals surface area contributed by atoms with Crippen molar-refractivity contribution in [1.82, 2.24) is 18.7 Å². The number of methoxy groups -OCH3 is 1. The number of imidazole rings is 1. The Balaban J connectivity index is 1.96. The Hall–Kier alpha value is -3.20. The van der Waals surface area contributed by atoms with E-state index in [2.05, 4.69) is 10.1 Å². The number of fused-ring (bicyclic) bond motifs is 3. The lowest BCUT2D eigenvalue weighted by Crippen LogP contribution is -2.40. The number of anilines is 1. The maximum atomic E-state index is 13.4. The molecule has 1 aliphatic heterocycles. The number of hydrogen-bond donors (Lipinski definition) is 0. The summed E-state index contributed by atoms with van der Waals surface area (Å²) in [7, 11) is 3.26. The molecular formula is C20H24N6O3. The van der Waals surface area contributed by atoms with Crippen LogP contribution in [0.5, 0.6) is 0 Å². The summed E-state index contributed by atoms with van der Waals surface area (Å²) in [5.74, 6) is 0.541. The second-order valence-corrected chi connectivity index (χ2v) is 7.21. The first-order valence-electron chi connectivity index (χ1n) is 9.51.